The molecular weight excluding hydrogens is 462 g/mol. The van der Waals surface area contributed by atoms with Crippen LogP contribution in [0.2, 0.25) is 0 Å². The smallest absolute Gasteiger partial charge is 0.243 e. The van der Waals surface area contributed by atoms with E-state index in [1.54, 1.807) is 18.2 Å². The molecule has 0 saturated carbocycles. The van der Waals surface area contributed by atoms with E-state index in [2.05, 4.69) is 5.32 Å². The summed E-state index contributed by atoms with van der Waals surface area (Å²) < 4.78 is 27.6. The molecule has 1 N–H and O–H groups in total. The van der Waals surface area contributed by atoms with Gasteiger partial charge in [-0.3, -0.25) is 9.59 Å². The van der Waals surface area contributed by atoms with Gasteiger partial charge < -0.3 is 10.2 Å². The third-order valence-corrected chi connectivity index (χ3v) is 7.72. The highest BCUT2D eigenvalue weighted by atomic mass is 32.2. The monoisotopic (exact) mass is 495 g/mol. The maximum atomic E-state index is 13.5. The lowest BCUT2D eigenvalue weighted by Gasteiger charge is -2.32. The van der Waals surface area contributed by atoms with E-state index in [-0.39, 0.29) is 23.9 Å². The van der Waals surface area contributed by atoms with Gasteiger partial charge in [-0.2, -0.15) is 4.31 Å². The van der Waals surface area contributed by atoms with Crippen molar-refractivity contribution in [3.8, 4) is 0 Å². The predicted octanol–water partition coefficient (Wildman–Crippen LogP) is 3.79. The quantitative estimate of drug-likeness (QED) is 0.438. The summed E-state index contributed by atoms with van der Waals surface area (Å²) >= 11 is 0. The maximum absolute atomic E-state index is 13.5. The van der Waals surface area contributed by atoms with Crippen molar-refractivity contribution in [3.05, 3.63) is 78.4 Å². The van der Waals surface area contributed by atoms with E-state index >= 15 is 0 Å². The van der Waals surface area contributed by atoms with Crippen LogP contribution in [0.3, 0.4) is 0 Å². The lowest BCUT2D eigenvalue weighted by atomic mass is 10.1. The molecule has 7 nitrogen and oxygen atoms in total. The number of carbonyl (C=O) groups excluding carboxylic acids is 2. The summed E-state index contributed by atoms with van der Waals surface area (Å²) in [5.41, 5.74) is 0.864. The van der Waals surface area contributed by atoms with Crippen LogP contribution in [-0.4, -0.2) is 55.6 Å². The van der Waals surface area contributed by atoms with Crippen LogP contribution < -0.4 is 5.32 Å². The van der Waals surface area contributed by atoms with Crippen LogP contribution in [0.15, 0.2) is 77.7 Å². The molecule has 186 valence electrons. The molecule has 0 bridgehead atoms. The van der Waals surface area contributed by atoms with Crippen LogP contribution in [0, 0.1) is 0 Å². The third kappa shape index (κ3) is 6.46. The number of nitrogens with zero attached hydrogens (tertiary/aromatic N) is 2. The molecule has 0 heterocycles. The Bertz CT molecular complexity index is 1260. The summed E-state index contributed by atoms with van der Waals surface area (Å²) in [6.45, 7) is 4.15. The summed E-state index contributed by atoms with van der Waals surface area (Å²) in [5.74, 6) is -0.669. The Balaban J connectivity index is 1.85. The second-order valence-corrected chi connectivity index (χ2v) is 10.5. The fraction of sp³-hybridized carbons (Fsp3) is 0.333. The zero-order chi connectivity index (χ0) is 25.4. The summed E-state index contributed by atoms with van der Waals surface area (Å²) in [6, 6.07) is 21.1. The van der Waals surface area contributed by atoms with Gasteiger partial charge in [0, 0.05) is 20.1 Å². The average molecular weight is 496 g/mol. The minimum Gasteiger partial charge on any atom is -0.354 e. The number of rotatable bonds is 11. The minimum atomic E-state index is -3.91. The van der Waals surface area contributed by atoms with Crippen LogP contribution in [0.1, 0.15) is 32.3 Å². The summed E-state index contributed by atoms with van der Waals surface area (Å²) in [6.07, 6.45) is 1.19. The Morgan fingerprint density at radius 3 is 2.23 bits per heavy atom. The molecule has 0 aromatic heterocycles. The lowest BCUT2D eigenvalue weighted by Crippen LogP contribution is -2.51. The molecule has 0 aliphatic heterocycles. The second-order valence-electron chi connectivity index (χ2n) is 8.49. The fourth-order valence-corrected chi connectivity index (χ4v) is 5.10. The Labute approximate surface area is 207 Å². The van der Waals surface area contributed by atoms with E-state index in [4.69, 9.17) is 0 Å². The first-order valence-corrected chi connectivity index (χ1v) is 13.3. The normalized spacial score (nSPS) is 12.5. The van der Waals surface area contributed by atoms with Gasteiger partial charge in [0.25, 0.3) is 0 Å². The van der Waals surface area contributed by atoms with Crippen LogP contribution in [0.25, 0.3) is 10.8 Å². The topological polar surface area (TPSA) is 86.8 Å². The standard InChI is InChI=1S/C27H33N3O4S/c1-4-17-28-27(32)25(5-2)30(19-21-11-7-6-8-12-21)26(31)20-29(3)35(33,34)24-16-15-22-13-9-10-14-23(22)18-24/h6-16,18,25H,4-5,17,19-20H2,1-3H3,(H,28,32)/t25-/m0/s1. The maximum Gasteiger partial charge on any atom is 0.243 e. The van der Waals surface area contributed by atoms with Crippen LogP contribution >= 0.6 is 0 Å². The van der Waals surface area contributed by atoms with Crippen molar-refractivity contribution in [3.63, 3.8) is 0 Å². The Kier molecular flexibility index (Phi) is 9.01. The molecule has 0 spiro atoms. The van der Waals surface area contributed by atoms with E-state index in [9.17, 15) is 18.0 Å². The Hall–Kier alpha value is -3.23. The highest BCUT2D eigenvalue weighted by Crippen LogP contribution is 2.22. The molecule has 1 atom stereocenters. The molecule has 0 saturated heterocycles. The van der Waals surface area contributed by atoms with E-state index in [1.165, 1.54) is 11.9 Å². The van der Waals surface area contributed by atoms with E-state index in [1.807, 2.05) is 68.4 Å². The van der Waals surface area contributed by atoms with Gasteiger partial charge in [-0.05, 0) is 41.3 Å². The number of nitrogens with one attached hydrogen (secondary N) is 1. The highest BCUT2D eigenvalue weighted by molar-refractivity contribution is 7.89. The summed E-state index contributed by atoms with van der Waals surface area (Å²) in [5, 5.41) is 4.60. The number of likely N-dealkylation sites (N-methyl/N-ethyl adjacent to an activating group) is 1. The average Bonchev–Trinajstić information content (AvgIpc) is 2.87. The molecule has 3 aromatic rings. The van der Waals surface area contributed by atoms with Crippen molar-refractivity contribution in [2.24, 2.45) is 0 Å². The summed E-state index contributed by atoms with van der Waals surface area (Å²) in [4.78, 5) is 27.9. The Morgan fingerprint density at radius 2 is 1.57 bits per heavy atom. The van der Waals surface area contributed by atoms with Gasteiger partial charge in [0.2, 0.25) is 21.8 Å². The first-order valence-electron chi connectivity index (χ1n) is 11.8. The molecule has 3 rings (SSSR count). The molecule has 8 heteroatoms. The van der Waals surface area contributed by atoms with Crippen molar-refractivity contribution < 1.29 is 18.0 Å². The number of amides is 2. The van der Waals surface area contributed by atoms with Crippen molar-refractivity contribution in [2.45, 2.75) is 44.2 Å². The van der Waals surface area contributed by atoms with Gasteiger partial charge in [-0.25, -0.2) is 8.42 Å². The molecule has 35 heavy (non-hydrogen) atoms. The molecule has 0 aliphatic carbocycles. The van der Waals surface area contributed by atoms with Crippen molar-refractivity contribution in [1.82, 2.24) is 14.5 Å². The number of hydrogen-bond donors (Lipinski definition) is 1. The SMILES string of the molecule is CCCNC(=O)[C@H](CC)N(Cc1ccccc1)C(=O)CN(C)S(=O)(=O)c1ccc2ccccc2c1. The van der Waals surface area contributed by atoms with Gasteiger partial charge >= 0.3 is 0 Å². The van der Waals surface area contributed by atoms with E-state index < -0.39 is 22.0 Å². The van der Waals surface area contributed by atoms with Crippen molar-refractivity contribution in [2.75, 3.05) is 20.1 Å². The van der Waals surface area contributed by atoms with Crippen molar-refractivity contribution in [1.29, 1.82) is 0 Å². The number of fused-ring (bicyclic) bond motifs is 1. The van der Waals surface area contributed by atoms with Crippen molar-refractivity contribution >= 4 is 32.6 Å². The van der Waals surface area contributed by atoms with Crippen LogP contribution in [-0.2, 0) is 26.2 Å². The number of carbonyl (C=O) groups is 2. The molecule has 0 aliphatic rings. The predicted molar refractivity (Wildman–Crippen MR) is 138 cm³/mol. The van der Waals surface area contributed by atoms with E-state index in [0.717, 1.165) is 27.1 Å². The largest absolute Gasteiger partial charge is 0.354 e. The fourth-order valence-electron chi connectivity index (χ4n) is 3.94. The van der Waals surface area contributed by atoms with Gasteiger partial charge in [-0.15, -0.1) is 0 Å². The molecule has 0 unspecified atom stereocenters. The van der Waals surface area contributed by atoms with Gasteiger partial charge in [-0.1, -0.05) is 74.5 Å². The van der Waals surface area contributed by atoms with Crippen LogP contribution in [0.5, 0.6) is 0 Å². The highest BCUT2D eigenvalue weighted by Gasteiger charge is 2.31. The van der Waals surface area contributed by atoms with E-state index in [0.29, 0.717) is 13.0 Å². The molecule has 2 amide bonds. The molecule has 3 aromatic carbocycles. The lowest BCUT2D eigenvalue weighted by molar-refractivity contribution is -0.141. The van der Waals surface area contributed by atoms with Gasteiger partial charge in [0.15, 0.2) is 0 Å². The molecular formula is C27H33N3O4S. The first-order chi connectivity index (χ1) is 16.8. The van der Waals surface area contributed by atoms with Crippen LogP contribution in [0.4, 0.5) is 0 Å². The third-order valence-electron chi connectivity index (χ3n) is 5.92. The zero-order valence-electron chi connectivity index (χ0n) is 20.5. The molecule has 0 radical (unpaired) electrons. The number of sulfonamides is 1. The zero-order valence-corrected chi connectivity index (χ0v) is 21.3. The molecule has 0 fully saturated rings. The Morgan fingerprint density at radius 1 is 0.914 bits per heavy atom. The first kappa shape index (κ1) is 26.4. The number of benzene rings is 3. The minimum absolute atomic E-state index is 0.119. The summed E-state index contributed by atoms with van der Waals surface area (Å²) in [7, 11) is -2.52. The van der Waals surface area contributed by atoms with Gasteiger partial charge in [0.05, 0.1) is 11.4 Å². The van der Waals surface area contributed by atoms with Gasteiger partial charge in [0.1, 0.15) is 6.04 Å². The second kappa shape index (κ2) is 12.0. The number of hydrogen-bond acceptors (Lipinski definition) is 4.